The summed E-state index contributed by atoms with van der Waals surface area (Å²) in [4.78, 5) is 3.92. The van der Waals surface area contributed by atoms with Crippen LogP contribution < -0.4 is 0 Å². The SMILES string of the molecule is N#CC(C#N)=C1N(CCO)CCN1CCCCCl. The number of aliphatic hydroxyl groups is 1. The highest BCUT2D eigenvalue weighted by Crippen LogP contribution is 2.22. The quantitative estimate of drug-likeness (QED) is 0.440. The smallest absolute Gasteiger partial charge is 0.169 e. The molecule has 0 aliphatic carbocycles. The first-order valence-electron chi connectivity index (χ1n) is 5.99. The second-order valence-electron chi connectivity index (χ2n) is 4.02. The molecule has 18 heavy (non-hydrogen) atoms. The van der Waals surface area contributed by atoms with Gasteiger partial charge in [-0.15, -0.1) is 11.6 Å². The molecule has 0 aromatic rings. The first-order chi connectivity index (χ1) is 8.78. The van der Waals surface area contributed by atoms with Crippen LogP contribution in [0.2, 0.25) is 0 Å². The molecule has 0 unspecified atom stereocenters. The van der Waals surface area contributed by atoms with E-state index in [0.717, 1.165) is 32.5 Å². The second kappa shape index (κ2) is 7.81. The summed E-state index contributed by atoms with van der Waals surface area (Å²) in [5.41, 5.74) is 0.117. The Morgan fingerprint density at radius 3 is 2.28 bits per heavy atom. The minimum Gasteiger partial charge on any atom is -0.395 e. The zero-order chi connectivity index (χ0) is 13.4. The Kier molecular flexibility index (Phi) is 6.35. The molecule has 1 aliphatic heterocycles. The maximum absolute atomic E-state index is 9.01. The molecule has 0 aromatic carbocycles. The molecule has 0 atom stereocenters. The second-order valence-corrected chi connectivity index (χ2v) is 4.39. The highest BCUT2D eigenvalue weighted by Gasteiger charge is 2.27. The number of halogens is 1. The van der Waals surface area contributed by atoms with Gasteiger partial charge in [0.15, 0.2) is 5.57 Å². The maximum atomic E-state index is 9.01. The van der Waals surface area contributed by atoms with Crippen LogP contribution in [0.25, 0.3) is 0 Å². The van der Waals surface area contributed by atoms with Gasteiger partial charge in [-0.05, 0) is 12.8 Å². The van der Waals surface area contributed by atoms with Crippen molar-refractivity contribution in [3.8, 4) is 12.1 Å². The number of hydrogen-bond acceptors (Lipinski definition) is 5. The highest BCUT2D eigenvalue weighted by atomic mass is 35.5. The third-order valence-electron chi connectivity index (χ3n) is 2.87. The van der Waals surface area contributed by atoms with Crippen LogP contribution >= 0.6 is 11.6 Å². The molecule has 1 rings (SSSR count). The number of aliphatic hydroxyl groups excluding tert-OH is 1. The van der Waals surface area contributed by atoms with Crippen LogP contribution in [-0.2, 0) is 0 Å². The minimum absolute atomic E-state index is 0.0170. The molecule has 1 saturated heterocycles. The van der Waals surface area contributed by atoms with Crippen molar-refractivity contribution < 1.29 is 5.11 Å². The van der Waals surface area contributed by atoms with Crippen LogP contribution in [0, 0.1) is 22.7 Å². The fraction of sp³-hybridized carbons (Fsp3) is 0.667. The Hall–Kier alpha value is -1.43. The molecule has 1 fully saturated rings. The summed E-state index contributed by atoms with van der Waals surface area (Å²) in [5.74, 6) is 1.28. The van der Waals surface area contributed by atoms with E-state index in [9.17, 15) is 0 Å². The third kappa shape index (κ3) is 3.53. The zero-order valence-electron chi connectivity index (χ0n) is 10.3. The Morgan fingerprint density at radius 1 is 1.17 bits per heavy atom. The van der Waals surface area contributed by atoms with Crippen molar-refractivity contribution in [1.29, 1.82) is 10.5 Å². The molecule has 5 nitrogen and oxygen atoms in total. The molecule has 0 amide bonds. The average molecular weight is 269 g/mol. The van der Waals surface area contributed by atoms with Gasteiger partial charge in [-0.3, -0.25) is 0 Å². The number of nitrogens with zero attached hydrogens (tertiary/aromatic N) is 4. The van der Waals surface area contributed by atoms with E-state index in [4.69, 9.17) is 27.2 Å². The van der Waals surface area contributed by atoms with E-state index in [1.807, 2.05) is 21.9 Å². The monoisotopic (exact) mass is 268 g/mol. The molecule has 1 heterocycles. The highest BCUT2D eigenvalue weighted by molar-refractivity contribution is 6.17. The van der Waals surface area contributed by atoms with E-state index in [1.54, 1.807) is 0 Å². The van der Waals surface area contributed by atoms with Crippen LogP contribution in [-0.4, -0.2) is 53.6 Å². The molecule has 1 N–H and O–H groups in total. The van der Waals surface area contributed by atoms with Crippen molar-refractivity contribution in [2.75, 3.05) is 38.7 Å². The number of hydrogen-bond donors (Lipinski definition) is 1. The predicted molar refractivity (Wildman–Crippen MR) is 68.4 cm³/mol. The summed E-state index contributed by atoms with van der Waals surface area (Å²) >= 11 is 5.64. The minimum atomic E-state index is 0.0170. The molecular formula is C12H17ClN4O. The molecule has 1 aliphatic rings. The summed E-state index contributed by atoms with van der Waals surface area (Å²) in [6.07, 6.45) is 1.85. The van der Waals surface area contributed by atoms with Gasteiger partial charge in [0, 0.05) is 32.1 Å². The molecule has 0 saturated carbocycles. The van der Waals surface area contributed by atoms with Gasteiger partial charge in [0.05, 0.1) is 6.61 Å². The van der Waals surface area contributed by atoms with E-state index in [-0.39, 0.29) is 12.2 Å². The number of alkyl halides is 1. The van der Waals surface area contributed by atoms with Crippen LogP contribution in [0.5, 0.6) is 0 Å². The van der Waals surface area contributed by atoms with Gasteiger partial charge in [-0.1, -0.05) is 0 Å². The number of rotatable bonds is 6. The van der Waals surface area contributed by atoms with E-state index in [1.165, 1.54) is 0 Å². The lowest BCUT2D eigenvalue weighted by molar-refractivity contribution is 0.231. The van der Waals surface area contributed by atoms with Crippen LogP contribution in [0.1, 0.15) is 12.8 Å². The van der Waals surface area contributed by atoms with Gasteiger partial charge in [0.25, 0.3) is 0 Å². The van der Waals surface area contributed by atoms with Crippen molar-refractivity contribution >= 4 is 11.6 Å². The topological polar surface area (TPSA) is 74.3 Å². The maximum Gasteiger partial charge on any atom is 0.169 e. The summed E-state index contributed by atoms with van der Waals surface area (Å²) < 4.78 is 0. The normalized spacial score (nSPS) is 14.6. The summed E-state index contributed by atoms with van der Waals surface area (Å²) in [6, 6.07) is 3.86. The van der Waals surface area contributed by atoms with Crippen molar-refractivity contribution in [2.45, 2.75) is 12.8 Å². The standard InChI is InChI=1S/C12H17ClN4O/c13-3-1-2-4-16-5-6-17(7-8-18)12(16)11(9-14)10-15/h18H,1-8H2. The molecule has 6 heteroatoms. The van der Waals surface area contributed by atoms with Crippen LogP contribution in [0.3, 0.4) is 0 Å². The molecule has 98 valence electrons. The third-order valence-corrected chi connectivity index (χ3v) is 3.13. The van der Waals surface area contributed by atoms with E-state index in [2.05, 4.69) is 0 Å². The summed E-state index contributed by atoms with van der Waals surface area (Å²) in [6.45, 7) is 2.78. The fourth-order valence-electron chi connectivity index (χ4n) is 2.05. The zero-order valence-corrected chi connectivity index (χ0v) is 11.0. The first kappa shape index (κ1) is 14.6. The largest absolute Gasteiger partial charge is 0.395 e. The molecular weight excluding hydrogens is 252 g/mol. The lowest BCUT2D eigenvalue weighted by atomic mass is 10.2. The van der Waals surface area contributed by atoms with Gasteiger partial charge in [0.2, 0.25) is 0 Å². The van der Waals surface area contributed by atoms with Crippen molar-refractivity contribution in [2.24, 2.45) is 0 Å². The van der Waals surface area contributed by atoms with Gasteiger partial charge in [-0.25, -0.2) is 0 Å². The van der Waals surface area contributed by atoms with Crippen molar-refractivity contribution in [3.63, 3.8) is 0 Å². The molecule has 0 radical (unpaired) electrons. The Balaban J connectivity index is 2.82. The van der Waals surface area contributed by atoms with E-state index >= 15 is 0 Å². The van der Waals surface area contributed by atoms with Crippen LogP contribution in [0.15, 0.2) is 11.4 Å². The fourth-order valence-corrected chi connectivity index (χ4v) is 2.24. The number of allylic oxidation sites excluding steroid dienone is 1. The number of nitriles is 2. The van der Waals surface area contributed by atoms with Gasteiger partial charge in [-0.2, -0.15) is 10.5 Å². The van der Waals surface area contributed by atoms with E-state index < -0.39 is 0 Å². The molecule has 0 aromatic heterocycles. The van der Waals surface area contributed by atoms with Crippen LogP contribution in [0.4, 0.5) is 0 Å². The van der Waals surface area contributed by atoms with Gasteiger partial charge < -0.3 is 14.9 Å². The van der Waals surface area contributed by atoms with Crippen molar-refractivity contribution in [3.05, 3.63) is 11.4 Å². The molecule has 0 spiro atoms. The van der Waals surface area contributed by atoms with E-state index in [0.29, 0.717) is 18.2 Å². The number of β-amino-alcohol motifs (C(OH)–C–C–N with tert-alkyl or cyclic N) is 1. The van der Waals surface area contributed by atoms with Crippen molar-refractivity contribution in [1.82, 2.24) is 9.80 Å². The average Bonchev–Trinajstić information content (AvgIpc) is 2.76. The van der Waals surface area contributed by atoms with Gasteiger partial charge in [0.1, 0.15) is 18.0 Å². The predicted octanol–water partition coefficient (Wildman–Crippen LogP) is 0.874. The lowest BCUT2D eigenvalue weighted by Gasteiger charge is -2.24. The Bertz CT molecular complexity index is 367. The first-order valence-corrected chi connectivity index (χ1v) is 6.53. The lowest BCUT2D eigenvalue weighted by Crippen LogP contribution is -2.27. The Labute approximate surface area is 112 Å². The Morgan fingerprint density at radius 2 is 1.78 bits per heavy atom. The molecule has 0 bridgehead atoms. The van der Waals surface area contributed by atoms with Gasteiger partial charge >= 0.3 is 0 Å². The number of unbranched alkanes of at least 4 members (excludes halogenated alkanes) is 1. The summed E-state index contributed by atoms with van der Waals surface area (Å²) in [7, 11) is 0. The summed E-state index contributed by atoms with van der Waals surface area (Å²) in [5, 5.41) is 27.0.